The van der Waals surface area contributed by atoms with Crippen LogP contribution in [0.3, 0.4) is 0 Å². The van der Waals surface area contributed by atoms with Crippen molar-refractivity contribution in [3.63, 3.8) is 0 Å². The number of alkyl halides is 3. The van der Waals surface area contributed by atoms with Gasteiger partial charge in [0.25, 0.3) is 5.91 Å². The zero-order chi connectivity index (χ0) is 10.3. The highest BCUT2D eigenvalue weighted by atomic mass is 19.4. The van der Waals surface area contributed by atoms with Crippen LogP contribution in [0.25, 0.3) is 0 Å². The molecule has 1 aliphatic heterocycles. The van der Waals surface area contributed by atoms with Crippen molar-refractivity contribution < 1.29 is 18.0 Å². The minimum absolute atomic E-state index is 0.0856. The third-order valence-electron chi connectivity index (χ3n) is 2.13. The minimum atomic E-state index is -4.59. The first kappa shape index (κ1) is 9.05. The first-order valence-electron chi connectivity index (χ1n) is 3.97. The predicted octanol–water partition coefficient (Wildman–Crippen LogP) is 2.16. The summed E-state index contributed by atoms with van der Waals surface area (Å²) >= 11 is 0. The summed E-state index contributed by atoms with van der Waals surface area (Å²) in [5.74, 6) is -0.965. The Hall–Kier alpha value is -1.52. The van der Waals surface area contributed by atoms with Crippen LogP contribution < -0.4 is 0 Å². The van der Waals surface area contributed by atoms with Gasteiger partial charge in [-0.15, -0.1) is 13.2 Å². The lowest BCUT2D eigenvalue weighted by atomic mass is 10.1. The summed E-state index contributed by atoms with van der Waals surface area (Å²) in [5, 5.41) is 0. The lowest BCUT2D eigenvalue weighted by Gasteiger charge is -2.18. The molecule has 0 bridgehead atoms. The van der Waals surface area contributed by atoms with Crippen LogP contribution >= 0.6 is 0 Å². The molecule has 1 amide bonds. The number of nitrogens with zero attached hydrogens (tertiary/aromatic N) is 1. The standard InChI is InChI=1S/C9H6F3NO/c10-9(11,12)13-5-6-3-1-2-4-7(6)8(13)14/h1-4H,5H2. The van der Waals surface area contributed by atoms with E-state index in [1.54, 1.807) is 12.1 Å². The third-order valence-corrected chi connectivity index (χ3v) is 2.13. The van der Waals surface area contributed by atoms with Crippen molar-refractivity contribution in [2.45, 2.75) is 12.8 Å². The molecular weight excluding hydrogens is 195 g/mol. The Morgan fingerprint density at radius 2 is 1.86 bits per heavy atom. The number of carbonyl (C=O) groups excluding carboxylic acids is 1. The smallest absolute Gasteiger partial charge is 0.269 e. The largest absolute Gasteiger partial charge is 0.487 e. The summed E-state index contributed by atoms with van der Waals surface area (Å²) in [6.45, 7) is -0.376. The van der Waals surface area contributed by atoms with E-state index in [0.717, 1.165) is 0 Å². The fourth-order valence-electron chi connectivity index (χ4n) is 1.46. The molecule has 0 fully saturated rings. The van der Waals surface area contributed by atoms with Crippen molar-refractivity contribution >= 4 is 5.91 Å². The Bertz CT molecular complexity index is 386. The van der Waals surface area contributed by atoms with Gasteiger partial charge in [-0.2, -0.15) is 0 Å². The van der Waals surface area contributed by atoms with Gasteiger partial charge in [-0.05, 0) is 11.6 Å². The van der Waals surface area contributed by atoms with E-state index >= 15 is 0 Å². The first-order valence-corrected chi connectivity index (χ1v) is 3.97. The van der Waals surface area contributed by atoms with Gasteiger partial charge in [-0.1, -0.05) is 18.2 Å². The number of halogens is 3. The van der Waals surface area contributed by atoms with E-state index in [0.29, 0.717) is 5.56 Å². The Balaban J connectivity index is 2.40. The van der Waals surface area contributed by atoms with E-state index in [9.17, 15) is 18.0 Å². The van der Waals surface area contributed by atoms with Gasteiger partial charge in [0.05, 0.1) is 6.54 Å². The van der Waals surface area contributed by atoms with E-state index in [1.807, 2.05) is 0 Å². The molecule has 1 aromatic carbocycles. The van der Waals surface area contributed by atoms with Gasteiger partial charge >= 0.3 is 6.30 Å². The number of amides is 1. The quantitative estimate of drug-likeness (QED) is 0.589. The van der Waals surface area contributed by atoms with Crippen LogP contribution in [0.5, 0.6) is 0 Å². The maximum atomic E-state index is 12.3. The third kappa shape index (κ3) is 1.25. The molecular formula is C9H6F3NO. The molecule has 5 heteroatoms. The van der Waals surface area contributed by atoms with Crippen LogP contribution in [0, 0.1) is 0 Å². The zero-order valence-corrected chi connectivity index (χ0v) is 7.01. The molecule has 1 heterocycles. The molecule has 14 heavy (non-hydrogen) atoms. The lowest BCUT2D eigenvalue weighted by molar-refractivity contribution is -0.225. The van der Waals surface area contributed by atoms with Gasteiger partial charge in [0.1, 0.15) is 0 Å². The molecule has 2 rings (SSSR count). The van der Waals surface area contributed by atoms with Crippen molar-refractivity contribution in [1.82, 2.24) is 4.90 Å². The van der Waals surface area contributed by atoms with Crippen molar-refractivity contribution in [1.29, 1.82) is 0 Å². The lowest BCUT2D eigenvalue weighted by Crippen LogP contribution is -2.37. The van der Waals surface area contributed by atoms with Crippen molar-refractivity contribution in [3.8, 4) is 0 Å². The molecule has 0 aliphatic carbocycles. The highest BCUT2D eigenvalue weighted by Crippen LogP contribution is 2.31. The van der Waals surface area contributed by atoms with Crippen LogP contribution in [0.1, 0.15) is 15.9 Å². The Morgan fingerprint density at radius 3 is 2.43 bits per heavy atom. The van der Waals surface area contributed by atoms with Crippen LogP contribution in [-0.4, -0.2) is 17.1 Å². The average molecular weight is 201 g/mol. The van der Waals surface area contributed by atoms with E-state index in [-0.39, 0.29) is 17.0 Å². The maximum Gasteiger partial charge on any atom is 0.487 e. The van der Waals surface area contributed by atoms with Crippen LogP contribution in [0.2, 0.25) is 0 Å². The molecule has 0 radical (unpaired) electrons. The molecule has 2 nitrogen and oxygen atoms in total. The summed E-state index contributed by atoms with van der Waals surface area (Å²) in [6.07, 6.45) is -4.59. The Kier molecular flexibility index (Phi) is 1.77. The van der Waals surface area contributed by atoms with Gasteiger partial charge in [0.15, 0.2) is 0 Å². The van der Waals surface area contributed by atoms with Crippen molar-refractivity contribution in [2.24, 2.45) is 0 Å². The number of fused-ring (bicyclic) bond motifs is 1. The molecule has 0 spiro atoms. The van der Waals surface area contributed by atoms with E-state index < -0.39 is 12.2 Å². The summed E-state index contributed by atoms with van der Waals surface area (Å²) in [6, 6.07) is 6.10. The van der Waals surface area contributed by atoms with Gasteiger partial charge in [0.2, 0.25) is 0 Å². The molecule has 0 aromatic heterocycles. The number of benzene rings is 1. The van der Waals surface area contributed by atoms with Gasteiger partial charge in [-0.25, -0.2) is 4.90 Å². The van der Waals surface area contributed by atoms with Crippen molar-refractivity contribution in [3.05, 3.63) is 35.4 Å². The highest BCUT2D eigenvalue weighted by Gasteiger charge is 2.45. The summed E-state index contributed by atoms with van der Waals surface area (Å²) in [5.41, 5.74) is 0.569. The van der Waals surface area contributed by atoms with E-state index in [2.05, 4.69) is 0 Å². The Labute approximate surface area is 77.9 Å². The summed E-state index contributed by atoms with van der Waals surface area (Å²) in [7, 11) is 0. The van der Waals surface area contributed by atoms with Crippen molar-refractivity contribution in [2.75, 3.05) is 0 Å². The fourth-order valence-corrected chi connectivity index (χ4v) is 1.46. The monoisotopic (exact) mass is 201 g/mol. The van der Waals surface area contributed by atoms with E-state index in [4.69, 9.17) is 0 Å². The fraction of sp³-hybridized carbons (Fsp3) is 0.222. The van der Waals surface area contributed by atoms with Gasteiger partial charge in [0, 0.05) is 5.56 Å². The molecule has 0 saturated carbocycles. The SMILES string of the molecule is O=C1c2ccccc2CN1C(F)(F)F. The number of rotatable bonds is 0. The Morgan fingerprint density at radius 1 is 1.21 bits per heavy atom. The second kappa shape index (κ2) is 2.73. The van der Waals surface area contributed by atoms with Gasteiger partial charge in [-0.3, -0.25) is 4.79 Å². The topological polar surface area (TPSA) is 20.3 Å². The molecule has 1 aromatic rings. The zero-order valence-electron chi connectivity index (χ0n) is 7.01. The molecule has 0 atom stereocenters. The number of hydrogen-bond donors (Lipinski definition) is 0. The molecule has 0 unspecified atom stereocenters. The summed E-state index contributed by atoms with van der Waals surface area (Å²) < 4.78 is 36.8. The predicted molar refractivity (Wildman–Crippen MR) is 42.4 cm³/mol. The second-order valence-corrected chi connectivity index (χ2v) is 3.02. The van der Waals surface area contributed by atoms with Crippen LogP contribution in [0.15, 0.2) is 24.3 Å². The first-order chi connectivity index (χ1) is 6.50. The molecule has 0 saturated heterocycles. The van der Waals surface area contributed by atoms with Gasteiger partial charge < -0.3 is 0 Å². The van der Waals surface area contributed by atoms with E-state index in [1.165, 1.54) is 12.1 Å². The molecule has 0 N–H and O–H groups in total. The maximum absolute atomic E-state index is 12.3. The summed E-state index contributed by atoms with van der Waals surface area (Å²) in [4.78, 5) is 11.2. The number of carbonyl (C=O) groups is 1. The molecule has 1 aliphatic rings. The normalized spacial score (nSPS) is 15.9. The minimum Gasteiger partial charge on any atom is -0.269 e. The average Bonchev–Trinajstić information content (AvgIpc) is 2.44. The van der Waals surface area contributed by atoms with Crippen LogP contribution in [-0.2, 0) is 6.54 Å². The second-order valence-electron chi connectivity index (χ2n) is 3.02. The molecule has 74 valence electrons. The number of hydrogen-bond acceptors (Lipinski definition) is 1. The highest BCUT2D eigenvalue weighted by molar-refractivity contribution is 5.98. The van der Waals surface area contributed by atoms with Crippen LogP contribution in [0.4, 0.5) is 13.2 Å².